The van der Waals surface area contributed by atoms with Crippen molar-refractivity contribution >= 4 is 11.9 Å². The highest BCUT2D eigenvalue weighted by Crippen LogP contribution is 2.17. The maximum Gasteiger partial charge on any atom is 0.316 e. The van der Waals surface area contributed by atoms with Crippen LogP contribution in [0.15, 0.2) is 30.3 Å². The molecule has 0 spiro atoms. The summed E-state index contributed by atoms with van der Waals surface area (Å²) in [7, 11) is 0. The van der Waals surface area contributed by atoms with E-state index in [4.69, 9.17) is 0 Å². The Labute approximate surface area is 143 Å². The molecule has 0 radical (unpaired) electrons. The van der Waals surface area contributed by atoms with E-state index in [9.17, 15) is 9.59 Å². The van der Waals surface area contributed by atoms with Gasteiger partial charge in [-0.2, -0.15) is 0 Å². The quantitative estimate of drug-likeness (QED) is 0.836. The van der Waals surface area contributed by atoms with Crippen LogP contribution in [0.3, 0.4) is 0 Å². The molecule has 2 rings (SSSR count). The monoisotopic (exact) mass is 327 g/mol. The molecule has 0 aromatic heterocycles. The number of urea groups is 1. The number of nitrogens with one attached hydrogen (secondary N) is 2. The van der Waals surface area contributed by atoms with E-state index >= 15 is 0 Å². The average molecular weight is 327 g/mol. The Kier molecular flexibility index (Phi) is 6.68. The molecule has 5 nitrogen and oxygen atoms in total. The van der Waals surface area contributed by atoms with E-state index in [0.29, 0.717) is 0 Å². The highest BCUT2D eigenvalue weighted by Gasteiger charge is 2.27. The second-order valence-electron chi connectivity index (χ2n) is 6.09. The van der Waals surface area contributed by atoms with Gasteiger partial charge in [-0.05, 0) is 45.2 Å². The van der Waals surface area contributed by atoms with Gasteiger partial charge in [0.2, 0.25) is 5.91 Å². The number of nitrogens with zero attached hydrogens (tertiary/aromatic N) is 1. The minimum atomic E-state index is -0.535. The van der Waals surface area contributed by atoms with Crippen LogP contribution in [0.5, 0.6) is 0 Å². The van der Waals surface area contributed by atoms with E-state index < -0.39 is 6.04 Å². The second-order valence-corrected chi connectivity index (χ2v) is 6.09. The molecule has 24 heavy (non-hydrogen) atoms. The molecule has 2 atom stereocenters. The number of hydrogen-bond acceptors (Lipinski definition) is 2. The summed E-state index contributed by atoms with van der Waals surface area (Å²) < 4.78 is 0. The van der Waals surface area contributed by atoms with E-state index in [1.165, 1.54) is 0 Å². The smallest absolute Gasteiger partial charge is 0.316 e. The molecule has 5 heteroatoms. The van der Waals surface area contributed by atoms with E-state index in [-0.39, 0.29) is 24.5 Å². The van der Waals surface area contributed by atoms with Crippen LogP contribution in [0.2, 0.25) is 0 Å². The predicted molar refractivity (Wildman–Crippen MR) is 94.3 cm³/mol. The molecule has 1 aliphatic rings. The fraction of sp³-hybridized carbons (Fsp3) is 0.474. The van der Waals surface area contributed by atoms with Gasteiger partial charge in [0.25, 0.3) is 0 Å². The second kappa shape index (κ2) is 8.97. The number of amides is 3. The van der Waals surface area contributed by atoms with Gasteiger partial charge >= 0.3 is 6.03 Å². The van der Waals surface area contributed by atoms with Crippen LogP contribution in [0.1, 0.15) is 38.7 Å². The van der Waals surface area contributed by atoms with Crippen molar-refractivity contribution in [3.05, 3.63) is 35.9 Å². The molecule has 1 aromatic rings. The Morgan fingerprint density at radius 1 is 1.29 bits per heavy atom. The zero-order valence-electron chi connectivity index (χ0n) is 14.3. The third-order valence-corrected chi connectivity index (χ3v) is 4.15. The molecule has 2 N–H and O–H groups in total. The van der Waals surface area contributed by atoms with E-state index in [1.807, 2.05) is 35.2 Å². The van der Waals surface area contributed by atoms with Crippen LogP contribution in [0.25, 0.3) is 0 Å². The van der Waals surface area contributed by atoms with E-state index in [0.717, 1.165) is 31.4 Å². The van der Waals surface area contributed by atoms with Crippen LogP contribution in [-0.4, -0.2) is 42.0 Å². The minimum absolute atomic E-state index is 0.0206. The van der Waals surface area contributed by atoms with E-state index in [2.05, 4.69) is 29.4 Å². The summed E-state index contributed by atoms with van der Waals surface area (Å²) >= 11 is 0. The number of piperidine rings is 1. The number of rotatable bonds is 3. The van der Waals surface area contributed by atoms with Gasteiger partial charge < -0.3 is 15.5 Å². The Balaban J connectivity index is 1.75. The molecule has 1 aliphatic heterocycles. The van der Waals surface area contributed by atoms with Gasteiger partial charge in [-0.25, -0.2) is 4.79 Å². The molecule has 0 saturated carbocycles. The lowest BCUT2D eigenvalue weighted by molar-refractivity contribution is -0.136. The van der Waals surface area contributed by atoms with Crippen molar-refractivity contribution in [2.24, 2.45) is 0 Å². The van der Waals surface area contributed by atoms with Crippen molar-refractivity contribution in [1.82, 2.24) is 15.5 Å². The molecular formula is C19H25N3O2. The zero-order chi connectivity index (χ0) is 17.4. The normalized spacial score (nSPS) is 18.1. The first-order valence-corrected chi connectivity index (χ1v) is 8.46. The number of hydrogen-bond donors (Lipinski definition) is 2. The largest absolute Gasteiger partial charge is 0.338 e. The lowest BCUT2D eigenvalue weighted by atomic mass is 10.0. The SMILES string of the molecule is C[C@H](NC(=O)NCC#Cc1ccccc1)C(=O)N1CCCC[C@@H]1C. The number of carbonyl (C=O) groups excluding carboxylic acids is 2. The van der Waals surface area contributed by atoms with Crippen LogP contribution in [0, 0.1) is 11.8 Å². The van der Waals surface area contributed by atoms with Crippen molar-refractivity contribution in [1.29, 1.82) is 0 Å². The molecule has 1 heterocycles. The summed E-state index contributed by atoms with van der Waals surface area (Å²) in [5, 5.41) is 5.35. The van der Waals surface area contributed by atoms with Crippen molar-refractivity contribution in [3.8, 4) is 11.8 Å². The summed E-state index contributed by atoms with van der Waals surface area (Å²) in [4.78, 5) is 26.2. The third-order valence-electron chi connectivity index (χ3n) is 4.15. The molecule has 3 amide bonds. The van der Waals surface area contributed by atoms with Gasteiger partial charge in [0.1, 0.15) is 6.04 Å². The third kappa shape index (κ3) is 5.31. The van der Waals surface area contributed by atoms with Crippen molar-refractivity contribution in [2.45, 2.75) is 45.2 Å². The molecule has 128 valence electrons. The first-order valence-electron chi connectivity index (χ1n) is 8.46. The summed E-state index contributed by atoms with van der Waals surface area (Å²) in [6.07, 6.45) is 3.22. The Morgan fingerprint density at radius 3 is 2.75 bits per heavy atom. The standard InChI is InChI=1S/C19H25N3O2/c1-15-9-6-7-14-22(15)18(23)16(2)21-19(24)20-13-8-12-17-10-4-3-5-11-17/h3-5,10-11,15-16H,6-7,9,13-14H2,1-2H3,(H2,20,21,24)/t15-,16-/m0/s1. The molecular weight excluding hydrogens is 302 g/mol. The van der Waals surface area contributed by atoms with Gasteiger partial charge in [-0.15, -0.1) is 0 Å². The van der Waals surface area contributed by atoms with Gasteiger partial charge in [-0.1, -0.05) is 30.0 Å². The molecule has 1 fully saturated rings. The summed E-state index contributed by atoms with van der Waals surface area (Å²) in [6, 6.07) is 8.92. The maximum atomic E-state index is 12.4. The van der Waals surface area contributed by atoms with Gasteiger partial charge in [0, 0.05) is 18.2 Å². The Bertz CT molecular complexity index is 618. The van der Waals surface area contributed by atoms with Gasteiger partial charge in [0.05, 0.1) is 6.54 Å². The number of benzene rings is 1. The van der Waals surface area contributed by atoms with Gasteiger partial charge in [0.15, 0.2) is 0 Å². The lowest BCUT2D eigenvalue weighted by Gasteiger charge is -2.35. The van der Waals surface area contributed by atoms with E-state index in [1.54, 1.807) is 6.92 Å². The Morgan fingerprint density at radius 2 is 2.04 bits per heavy atom. The van der Waals surface area contributed by atoms with Gasteiger partial charge in [-0.3, -0.25) is 4.79 Å². The molecule has 0 bridgehead atoms. The van der Waals surface area contributed by atoms with Crippen LogP contribution >= 0.6 is 0 Å². The first kappa shape index (κ1) is 17.9. The summed E-state index contributed by atoms with van der Waals surface area (Å²) in [6.45, 7) is 4.79. The lowest BCUT2D eigenvalue weighted by Crippen LogP contribution is -2.53. The highest BCUT2D eigenvalue weighted by atomic mass is 16.2. The maximum absolute atomic E-state index is 12.4. The molecule has 1 saturated heterocycles. The topological polar surface area (TPSA) is 61.4 Å². The fourth-order valence-corrected chi connectivity index (χ4v) is 2.78. The average Bonchev–Trinajstić information content (AvgIpc) is 2.59. The zero-order valence-corrected chi connectivity index (χ0v) is 14.3. The fourth-order valence-electron chi connectivity index (χ4n) is 2.78. The minimum Gasteiger partial charge on any atom is -0.338 e. The molecule has 1 aromatic carbocycles. The van der Waals surface area contributed by atoms with Crippen LogP contribution in [-0.2, 0) is 4.79 Å². The molecule has 0 unspecified atom stereocenters. The predicted octanol–water partition coefficient (Wildman–Crippen LogP) is 2.13. The number of likely N-dealkylation sites (tertiary alicyclic amines) is 1. The first-order chi connectivity index (χ1) is 11.6. The Hall–Kier alpha value is -2.48. The van der Waals surface area contributed by atoms with Crippen molar-refractivity contribution in [3.63, 3.8) is 0 Å². The van der Waals surface area contributed by atoms with Crippen molar-refractivity contribution in [2.75, 3.05) is 13.1 Å². The van der Waals surface area contributed by atoms with Crippen LogP contribution in [0.4, 0.5) is 4.79 Å². The molecule has 0 aliphatic carbocycles. The van der Waals surface area contributed by atoms with Crippen molar-refractivity contribution < 1.29 is 9.59 Å². The highest BCUT2D eigenvalue weighted by molar-refractivity contribution is 5.87. The summed E-state index contributed by atoms with van der Waals surface area (Å²) in [5.41, 5.74) is 0.905. The summed E-state index contributed by atoms with van der Waals surface area (Å²) in [5.74, 6) is 5.83. The number of carbonyl (C=O) groups is 2. The van der Waals surface area contributed by atoms with Crippen LogP contribution < -0.4 is 10.6 Å².